The van der Waals surface area contributed by atoms with Gasteiger partial charge in [0.05, 0.1) is 17.9 Å². The molecule has 0 amide bonds. The summed E-state index contributed by atoms with van der Waals surface area (Å²) in [5.41, 5.74) is 2.00. The lowest BCUT2D eigenvalue weighted by atomic mass is 10.3. The van der Waals surface area contributed by atoms with E-state index in [1.165, 1.54) is 16.8 Å². The minimum Gasteiger partial charge on any atom is -0.238 e. The van der Waals surface area contributed by atoms with E-state index < -0.39 is 0 Å². The summed E-state index contributed by atoms with van der Waals surface area (Å²) in [5.74, 6) is -0.272. The first kappa shape index (κ1) is 7.73. The van der Waals surface area contributed by atoms with Crippen molar-refractivity contribution in [2.24, 2.45) is 0 Å². The molecule has 4 heteroatoms. The molecule has 2 aromatic rings. The molecule has 0 spiro atoms. The topological polar surface area (TPSA) is 17.3 Å². The molecule has 2 nitrogen and oxygen atoms in total. The molecule has 0 unspecified atom stereocenters. The van der Waals surface area contributed by atoms with Crippen molar-refractivity contribution in [1.29, 1.82) is 0 Å². The smallest absolute Gasteiger partial charge is 0.141 e. The first-order valence-corrected chi connectivity index (χ1v) is 4.61. The number of rotatable bonds is 1. The fraction of sp³-hybridized carbons (Fsp3) is 0.125. The summed E-state index contributed by atoms with van der Waals surface area (Å²) in [5, 5.41) is 4.74. The molecule has 0 fully saturated rings. The van der Waals surface area contributed by atoms with Crippen molar-refractivity contribution in [3.63, 3.8) is 0 Å². The van der Waals surface area contributed by atoms with Crippen LogP contribution in [0.2, 0.25) is 0 Å². The molecule has 0 aliphatic carbocycles. The Bertz CT molecular complexity index is 410. The van der Waals surface area contributed by atoms with Crippen LogP contribution in [0.4, 0.5) is 4.39 Å². The first-order chi connectivity index (χ1) is 5.81. The van der Waals surface area contributed by atoms with Crippen LogP contribution in [0.25, 0.3) is 5.52 Å². The van der Waals surface area contributed by atoms with Crippen molar-refractivity contribution in [2.75, 3.05) is 0 Å². The molecular weight excluding hydrogens is 223 g/mol. The average Bonchev–Trinajstić information content (AvgIpc) is 2.46. The average molecular weight is 229 g/mol. The van der Waals surface area contributed by atoms with Crippen LogP contribution in [0.3, 0.4) is 0 Å². The van der Waals surface area contributed by atoms with Gasteiger partial charge in [0.1, 0.15) is 5.82 Å². The molecule has 0 saturated heterocycles. The number of hydrogen-bond acceptors (Lipinski definition) is 1. The Kier molecular flexibility index (Phi) is 1.84. The van der Waals surface area contributed by atoms with Crippen LogP contribution in [-0.2, 0) is 5.33 Å². The Balaban J connectivity index is 2.73. The van der Waals surface area contributed by atoms with Gasteiger partial charge in [-0.05, 0) is 12.1 Å². The van der Waals surface area contributed by atoms with Gasteiger partial charge in [-0.3, -0.25) is 0 Å². The molecule has 0 N–H and O–H groups in total. The second-order valence-electron chi connectivity index (χ2n) is 2.48. The summed E-state index contributed by atoms with van der Waals surface area (Å²) >= 11 is 3.33. The number of aromatic nitrogens is 2. The highest BCUT2D eigenvalue weighted by molar-refractivity contribution is 9.08. The molecular formula is C8H6BrFN2. The minimum atomic E-state index is -0.272. The summed E-state index contributed by atoms with van der Waals surface area (Å²) < 4.78 is 14.2. The van der Waals surface area contributed by atoms with E-state index in [1.807, 2.05) is 0 Å². The van der Waals surface area contributed by atoms with Crippen molar-refractivity contribution in [3.8, 4) is 0 Å². The Morgan fingerprint density at radius 3 is 3.08 bits per heavy atom. The molecule has 0 aliphatic rings. The van der Waals surface area contributed by atoms with Crippen LogP contribution in [0.1, 0.15) is 5.56 Å². The third-order valence-corrected chi connectivity index (χ3v) is 2.31. The van der Waals surface area contributed by atoms with Crippen molar-refractivity contribution >= 4 is 21.4 Å². The van der Waals surface area contributed by atoms with E-state index in [0.29, 0.717) is 0 Å². The van der Waals surface area contributed by atoms with Crippen LogP contribution in [0.5, 0.6) is 0 Å². The van der Waals surface area contributed by atoms with E-state index >= 15 is 0 Å². The maximum absolute atomic E-state index is 12.7. The van der Waals surface area contributed by atoms with E-state index in [2.05, 4.69) is 21.0 Å². The van der Waals surface area contributed by atoms with Gasteiger partial charge in [0.15, 0.2) is 0 Å². The molecule has 2 rings (SSSR count). The minimum absolute atomic E-state index is 0.272. The van der Waals surface area contributed by atoms with Gasteiger partial charge < -0.3 is 0 Å². The molecule has 0 bridgehead atoms. The molecule has 0 atom stereocenters. The zero-order chi connectivity index (χ0) is 8.55. The van der Waals surface area contributed by atoms with Crippen LogP contribution >= 0.6 is 15.9 Å². The van der Waals surface area contributed by atoms with E-state index in [1.54, 1.807) is 12.3 Å². The summed E-state index contributed by atoms with van der Waals surface area (Å²) in [6, 6.07) is 3.15. The summed E-state index contributed by atoms with van der Waals surface area (Å²) in [6.07, 6.45) is 3.09. The highest BCUT2D eigenvalue weighted by Crippen LogP contribution is 2.13. The maximum atomic E-state index is 12.7. The van der Waals surface area contributed by atoms with Crippen LogP contribution in [0.15, 0.2) is 24.5 Å². The van der Waals surface area contributed by atoms with Crippen molar-refractivity contribution in [3.05, 3.63) is 35.9 Å². The summed E-state index contributed by atoms with van der Waals surface area (Å²) in [6.45, 7) is 0. The van der Waals surface area contributed by atoms with Gasteiger partial charge >= 0.3 is 0 Å². The molecule has 0 radical (unpaired) electrons. The number of hydrogen-bond donors (Lipinski definition) is 0. The lowest BCUT2D eigenvalue weighted by molar-refractivity contribution is 0.615. The van der Waals surface area contributed by atoms with Gasteiger partial charge in [0, 0.05) is 10.9 Å². The summed E-state index contributed by atoms with van der Waals surface area (Å²) in [7, 11) is 0. The third kappa shape index (κ3) is 1.12. The zero-order valence-electron chi connectivity index (χ0n) is 6.17. The highest BCUT2D eigenvalue weighted by atomic mass is 79.9. The number of fused-ring (bicyclic) bond motifs is 1. The quantitative estimate of drug-likeness (QED) is 0.686. The second kappa shape index (κ2) is 2.86. The number of pyridine rings is 1. The van der Waals surface area contributed by atoms with Crippen molar-refractivity contribution in [2.45, 2.75) is 5.33 Å². The summed E-state index contributed by atoms with van der Waals surface area (Å²) in [4.78, 5) is 0. The number of alkyl halides is 1. The predicted octanol–water partition coefficient (Wildman–Crippen LogP) is 2.37. The Morgan fingerprint density at radius 1 is 1.50 bits per heavy atom. The Morgan fingerprint density at radius 2 is 2.33 bits per heavy atom. The molecule has 0 aliphatic heterocycles. The van der Waals surface area contributed by atoms with Crippen molar-refractivity contribution in [1.82, 2.24) is 9.61 Å². The third-order valence-electron chi connectivity index (χ3n) is 1.70. The number of nitrogens with zero attached hydrogens (tertiary/aromatic N) is 2. The van der Waals surface area contributed by atoms with Crippen LogP contribution in [0, 0.1) is 5.82 Å². The van der Waals surface area contributed by atoms with E-state index in [-0.39, 0.29) is 5.82 Å². The monoisotopic (exact) mass is 228 g/mol. The fourth-order valence-corrected chi connectivity index (χ4v) is 1.55. The Labute approximate surface area is 77.1 Å². The largest absolute Gasteiger partial charge is 0.238 e. The molecule has 12 heavy (non-hydrogen) atoms. The Hall–Kier alpha value is -0.900. The van der Waals surface area contributed by atoms with Gasteiger partial charge in [-0.1, -0.05) is 15.9 Å². The molecule has 62 valence electrons. The predicted molar refractivity (Wildman–Crippen MR) is 47.8 cm³/mol. The molecule has 0 aromatic carbocycles. The fourth-order valence-electron chi connectivity index (χ4n) is 1.12. The van der Waals surface area contributed by atoms with E-state index in [4.69, 9.17) is 0 Å². The SMILES string of the molecule is Fc1ccc2c(CBr)cnn2c1. The first-order valence-electron chi connectivity index (χ1n) is 3.49. The van der Waals surface area contributed by atoms with Crippen LogP contribution < -0.4 is 0 Å². The highest BCUT2D eigenvalue weighted by Gasteiger charge is 2.01. The van der Waals surface area contributed by atoms with E-state index in [9.17, 15) is 4.39 Å². The molecule has 0 saturated carbocycles. The van der Waals surface area contributed by atoms with E-state index in [0.717, 1.165) is 16.4 Å². The lowest BCUT2D eigenvalue weighted by Gasteiger charge is -1.93. The lowest BCUT2D eigenvalue weighted by Crippen LogP contribution is -1.87. The van der Waals surface area contributed by atoms with Gasteiger partial charge in [0.25, 0.3) is 0 Å². The van der Waals surface area contributed by atoms with Gasteiger partial charge in [-0.2, -0.15) is 5.10 Å². The van der Waals surface area contributed by atoms with Crippen LogP contribution in [-0.4, -0.2) is 9.61 Å². The molecule has 2 aromatic heterocycles. The standard InChI is InChI=1S/C8H6BrFN2/c9-3-6-4-11-12-5-7(10)1-2-8(6)12/h1-2,4-5H,3H2. The van der Waals surface area contributed by atoms with Gasteiger partial charge in [-0.15, -0.1) is 0 Å². The number of halogens is 2. The van der Waals surface area contributed by atoms with Crippen molar-refractivity contribution < 1.29 is 4.39 Å². The second-order valence-corrected chi connectivity index (χ2v) is 3.04. The van der Waals surface area contributed by atoms with Gasteiger partial charge in [-0.25, -0.2) is 8.91 Å². The van der Waals surface area contributed by atoms with Gasteiger partial charge in [0.2, 0.25) is 0 Å². The molecule has 2 heterocycles. The normalized spacial score (nSPS) is 10.8. The zero-order valence-corrected chi connectivity index (χ0v) is 7.75. The maximum Gasteiger partial charge on any atom is 0.141 e.